The van der Waals surface area contributed by atoms with Gasteiger partial charge in [0.2, 0.25) is 0 Å². The number of para-hydroxylation sites is 1. The van der Waals surface area contributed by atoms with Crippen LogP contribution in [0.1, 0.15) is 28.2 Å². The normalized spacial score (nSPS) is 18.4. The minimum atomic E-state index is -0.404. The molecule has 0 bridgehead atoms. The van der Waals surface area contributed by atoms with Crippen molar-refractivity contribution in [2.45, 2.75) is 11.3 Å². The van der Waals surface area contributed by atoms with E-state index >= 15 is 0 Å². The third-order valence-electron chi connectivity index (χ3n) is 12.6. The molecular formula is C55H36N2O. The Bertz CT molecular complexity index is 3180. The fourth-order valence-corrected chi connectivity index (χ4v) is 10.0. The zero-order chi connectivity index (χ0) is 38.2. The maximum Gasteiger partial charge on any atom is 0.160 e. The van der Waals surface area contributed by atoms with Crippen molar-refractivity contribution in [3.05, 3.63) is 229 Å². The van der Waals surface area contributed by atoms with Gasteiger partial charge in [0.1, 0.15) is 11.5 Å². The molecule has 272 valence electrons. The van der Waals surface area contributed by atoms with Crippen LogP contribution < -0.4 is 4.74 Å². The predicted molar refractivity (Wildman–Crippen MR) is 236 cm³/mol. The lowest BCUT2D eigenvalue weighted by atomic mass is 9.61. The van der Waals surface area contributed by atoms with Crippen LogP contribution in [-0.4, -0.2) is 9.97 Å². The highest BCUT2D eigenvalue weighted by Gasteiger charge is 2.56. The van der Waals surface area contributed by atoms with Gasteiger partial charge in [-0.25, -0.2) is 9.97 Å². The van der Waals surface area contributed by atoms with Gasteiger partial charge in [-0.1, -0.05) is 170 Å². The van der Waals surface area contributed by atoms with Crippen molar-refractivity contribution >= 4 is 21.5 Å². The van der Waals surface area contributed by atoms with Crippen molar-refractivity contribution < 1.29 is 4.74 Å². The molecule has 0 amide bonds. The van der Waals surface area contributed by atoms with Crippen LogP contribution in [0.2, 0.25) is 0 Å². The van der Waals surface area contributed by atoms with E-state index in [0.29, 0.717) is 5.82 Å². The SMILES string of the molecule is C1=CC2c3ccccc3C3(c4ccccc4Oc4ccc(-c5cccc(-c6cc(-c7ccc8c(ccc9ccccc98)c7)nc(-c7ccccc7)n6)c5)cc43)C2C=C1. The molecule has 9 aromatic rings. The summed E-state index contributed by atoms with van der Waals surface area (Å²) in [6.07, 6.45) is 9.22. The number of hydrogen-bond donors (Lipinski definition) is 0. The maximum atomic E-state index is 6.74. The molecule has 0 radical (unpaired) electrons. The van der Waals surface area contributed by atoms with E-state index in [1.807, 2.05) is 18.2 Å². The number of aromatic nitrogens is 2. The van der Waals surface area contributed by atoms with Gasteiger partial charge in [-0.15, -0.1) is 0 Å². The van der Waals surface area contributed by atoms with E-state index in [2.05, 4.69) is 188 Å². The molecule has 3 heteroatoms. The Morgan fingerprint density at radius 2 is 1.07 bits per heavy atom. The van der Waals surface area contributed by atoms with E-state index in [1.54, 1.807) is 0 Å². The molecule has 58 heavy (non-hydrogen) atoms. The summed E-state index contributed by atoms with van der Waals surface area (Å²) in [5, 5.41) is 4.92. The molecular weight excluding hydrogens is 705 g/mol. The maximum absolute atomic E-state index is 6.74. The Morgan fingerprint density at radius 1 is 0.414 bits per heavy atom. The molecule has 2 heterocycles. The molecule has 3 atom stereocenters. The van der Waals surface area contributed by atoms with E-state index in [-0.39, 0.29) is 11.8 Å². The van der Waals surface area contributed by atoms with Gasteiger partial charge in [-0.3, -0.25) is 0 Å². The zero-order valence-corrected chi connectivity index (χ0v) is 31.6. The topological polar surface area (TPSA) is 35.0 Å². The highest BCUT2D eigenvalue weighted by Crippen LogP contribution is 2.64. The monoisotopic (exact) mass is 740 g/mol. The third-order valence-corrected chi connectivity index (χ3v) is 12.6. The van der Waals surface area contributed by atoms with E-state index in [4.69, 9.17) is 14.7 Å². The molecule has 1 aliphatic heterocycles. The molecule has 0 saturated carbocycles. The first kappa shape index (κ1) is 32.8. The first-order valence-corrected chi connectivity index (χ1v) is 20.1. The van der Waals surface area contributed by atoms with Gasteiger partial charge >= 0.3 is 0 Å². The van der Waals surface area contributed by atoms with E-state index in [0.717, 1.165) is 50.7 Å². The molecule has 0 N–H and O–H groups in total. The van der Waals surface area contributed by atoms with Gasteiger partial charge in [-0.05, 0) is 80.2 Å². The highest BCUT2D eigenvalue weighted by molar-refractivity contribution is 6.08. The number of fused-ring (bicyclic) bond motifs is 12. The molecule has 3 aliphatic rings. The second kappa shape index (κ2) is 12.8. The Balaban J connectivity index is 1.01. The summed E-state index contributed by atoms with van der Waals surface area (Å²) in [5.41, 5.74) is 11.9. The van der Waals surface area contributed by atoms with Crippen LogP contribution in [0.5, 0.6) is 11.5 Å². The molecule has 0 saturated heterocycles. The van der Waals surface area contributed by atoms with Crippen LogP contribution in [0.4, 0.5) is 0 Å². The average Bonchev–Trinajstić information content (AvgIpc) is 3.59. The number of ether oxygens (including phenoxy) is 1. The second-order valence-corrected chi connectivity index (χ2v) is 15.7. The quantitative estimate of drug-likeness (QED) is 0.169. The molecule has 1 aromatic heterocycles. The summed E-state index contributed by atoms with van der Waals surface area (Å²) < 4.78 is 6.74. The van der Waals surface area contributed by atoms with Crippen LogP contribution in [0.3, 0.4) is 0 Å². The van der Waals surface area contributed by atoms with Crippen LogP contribution in [0.15, 0.2) is 206 Å². The molecule has 0 fully saturated rings. The molecule has 2 aliphatic carbocycles. The van der Waals surface area contributed by atoms with Crippen molar-refractivity contribution in [2.75, 3.05) is 0 Å². The number of benzene rings is 8. The van der Waals surface area contributed by atoms with Crippen molar-refractivity contribution in [1.29, 1.82) is 0 Å². The lowest BCUT2D eigenvalue weighted by Crippen LogP contribution is -2.37. The Hall–Kier alpha value is -7.36. The van der Waals surface area contributed by atoms with Gasteiger partial charge in [0, 0.05) is 39.7 Å². The van der Waals surface area contributed by atoms with Gasteiger partial charge in [0.25, 0.3) is 0 Å². The third kappa shape index (κ3) is 4.93. The van der Waals surface area contributed by atoms with Crippen molar-refractivity contribution in [3.63, 3.8) is 0 Å². The summed E-state index contributed by atoms with van der Waals surface area (Å²) >= 11 is 0. The van der Waals surface area contributed by atoms with Crippen molar-refractivity contribution in [3.8, 4) is 56.5 Å². The lowest BCUT2D eigenvalue weighted by Gasteiger charge is -2.43. The van der Waals surface area contributed by atoms with Gasteiger partial charge in [0.05, 0.1) is 16.8 Å². The summed E-state index contributed by atoms with van der Waals surface area (Å²) in [7, 11) is 0. The van der Waals surface area contributed by atoms with Crippen molar-refractivity contribution in [1.82, 2.24) is 9.97 Å². The first-order chi connectivity index (χ1) is 28.7. The number of hydrogen-bond acceptors (Lipinski definition) is 3. The van der Waals surface area contributed by atoms with Gasteiger partial charge < -0.3 is 4.74 Å². The fourth-order valence-electron chi connectivity index (χ4n) is 10.0. The van der Waals surface area contributed by atoms with Crippen LogP contribution >= 0.6 is 0 Å². The number of nitrogens with zero attached hydrogens (tertiary/aromatic N) is 2. The van der Waals surface area contributed by atoms with E-state index in [1.165, 1.54) is 43.8 Å². The summed E-state index contributed by atoms with van der Waals surface area (Å²) in [6, 6.07) is 65.3. The van der Waals surface area contributed by atoms with Crippen LogP contribution in [-0.2, 0) is 5.41 Å². The molecule has 12 rings (SSSR count). The molecule has 3 nitrogen and oxygen atoms in total. The first-order valence-electron chi connectivity index (χ1n) is 20.1. The Kier molecular flexibility index (Phi) is 7.27. The molecule has 8 aromatic carbocycles. The van der Waals surface area contributed by atoms with Crippen LogP contribution in [0, 0.1) is 5.92 Å². The van der Waals surface area contributed by atoms with Crippen molar-refractivity contribution in [2.24, 2.45) is 5.92 Å². The summed E-state index contributed by atoms with van der Waals surface area (Å²) in [4.78, 5) is 10.4. The standard InChI is InChI=1S/C55H36N2O/c1-2-14-36(15-3-1)54-56-50(34-51(57-54)41-27-29-43-39(32-41)26-25-35-13-4-5-18-42(35)43)40-17-12-16-37(31-40)38-28-30-53-49(33-38)55(48-23-10-11-24-52(48)58-53)46-21-8-6-19-44(46)45-20-7-9-22-47(45)55/h1-34,44,46H. The number of rotatable bonds is 4. The second-order valence-electron chi connectivity index (χ2n) is 15.7. The average molecular weight is 741 g/mol. The molecule has 3 unspecified atom stereocenters. The minimum Gasteiger partial charge on any atom is -0.457 e. The number of allylic oxidation sites excluding steroid dienone is 4. The summed E-state index contributed by atoms with van der Waals surface area (Å²) in [5.74, 6) is 3.03. The lowest BCUT2D eigenvalue weighted by molar-refractivity contribution is 0.374. The minimum absolute atomic E-state index is 0.213. The highest BCUT2D eigenvalue weighted by atomic mass is 16.5. The van der Waals surface area contributed by atoms with E-state index < -0.39 is 5.41 Å². The van der Waals surface area contributed by atoms with E-state index in [9.17, 15) is 0 Å². The zero-order valence-electron chi connectivity index (χ0n) is 31.6. The predicted octanol–water partition coefficient (Wildman–Crippen LogP) is 13.7. The Morgan fingerprint density at radius 3 is 1.98 bits per heavy atom. The summed E-state index contributed by atoms with van der Waals surface area (Å²) in [6.45, 7) is 0. The van der Waals surface area contributed by atoms with Crippen LogP contribution in [0.25, 0.3) is 66.6 Å². The van der Waals surface area contributed by atoms with Gasteiger partial charge in [-0.2, -0.15) is 0 Å². The fraction of sp³-hybridized carbons (Fsp3) is 0.0545. The Labute approximate surface area is 337 Å². The smallest absolute Gasteiger partial charge is 0.160 e. The largest absolute Gasteiger partial charge is 0.457 e. The molecule has 1 spiro atoms. The van der Waals surface area contributed by atoms with Gasteiger partial charge in [0.15, 0.2) is 5.82 Å².